The SMILES string of the molecule is N#Cc1ccc(N(Cc2ccccc2)Cc2ccccc2)cc1. The van der Waals surface area contributed by atoms with Crippen molar-refractivity contribution in [2.75, 3.05) is 4.90 Å². The Kier molecular flexibility index (Phi) is 4.71. The number of benzene rings is 3. The number of rotatable bonds is 5. The lowest BCUT2D eigenvalue weighted by molar-refractivity contribution is 0.800. The van der Waals surface area contributed by atoms with E-state index in [9.17, 15) is 0 Å². The van der Waals surface area contributed by atoms with Gasteiger partial charge in [-0.25, -0.2) is 0 Å². The summed E-state index contributed by atoms with van der Waals surface area (Å²) in [6, 6.07) is 30.8. The molecule has 0 atom stereocenters. The van der Waals surface area contributed by atoms with Gasteiger partial charge in [0.15, 0.2) is 0 Å². The van der Waals surface area contributed by atoms with Gasteiger partial charge in [0.25, 0.3) is 0 Å². The van der Waals surface area contributed by atoms with E-state index in [-0.39, 0.29) is 0 Å². The van der Waals surface area contributed by atoms with Crippen LogP contribution < -0.4 is 4.90 Å². The molecule has 0 N–H and O–H groups in total. The van der Waals surface area contributed by atoms with Gasteiger partial charge in [-0.2, -0.15) is 5.26 Å². The first-order valence-corrected chi connectivity index (χ1v) is 7.68. The van der Waals surface area contributed by atoms with Crippen LogP contribution in [0.25, 0.3) is 0 Å². The van der Waals surface area contributed by atoms with Crippen molar-refractivity contribution >= 4 is 5.69 Å². The van der Waals surface area contributed by atoms with Gasteiger partial charge in [0, 0.05) is 18.8 Å². The van der Waals surface area contributed by atoms with Crippen molar-refractivity contribution in [3.05, 3.63) is 102 Å². The zero-order valence-electron chi connectivity index (χ0n) is 12.9. The van der Waals surface area contributed by atoms with E-state index < -0.39 is 0 Å². The largest absolute Gasteiger partial charge is 0.363 e. The number of hydrogen-bond donors (Lipinski definition) is 0. The van der Waals surface area contributed by atoms with Crippen molar-refractivity contribution < 1.29 is 0 Å². The molecule has 3 rings (SSSR count). The second-order valence-corrected chi connectivity index (χ2v) is 5.49. The van der Waals surface area contributed by atoms with E-state index in [0.29, 0.717) is 5.56 Å². The first-order valence-electron chi connectivity index (χ1n) is 7.68. The molecule has 2 heteroatoms. The molecule has 0 spiro atoms. The van der Waals surface area contributed by atoms with Crippen LogP contribution in [0.1, 0.15) is 16.7 Å². The Morgan fingerprint density at radius 3 is 1.57 bits per heavy atom. The van der Waals surface area contributed by atoms with Crippen molar-refractivity contribution in [3.8, 4) is 6.07 Å². The second kappa shape index (κ2) is 7.29. The smallest absolute Gasteiger partial charge is 0.0991 e. The van der Waals surface area contributed by atoms with Gasteiger partial charge in [-0.05, 0) is 35.4 Å². The van der Waals surface area contributed by atoms with Crippen LogP contribution in [0.3, 0.4) is 0 Å². The molecule has 0 saturated carbocycles. The average molecular weight is 298 g/mol. The highest BCUT2D eigenvalue weighted by Gasteiger charge is 2.08. The predicted octanol–water partition coefficient (Wildman–Crippen LogP) is 4.77. The summed E-state index contributed by atoms with van der Waals surface area (Å²) in [6.07, 6.45) is 0. The van der Waals surface area contributed by atoms with Gasteiger partial charge in [0.05, 0.1) is 11.6 Å². The van der Waals surface area contributed by atoms with E-state index in [1.165, 1.54) is 11.1 Å². The number of hydrogen-bond acceptors (Lipinski definition) is 2. The molecule has 0 amide bonds. The molecule has 2 nitrogen and oxygen atoms in total. The van der Waals surface area contributed by atoms with Crippen LogP contribution in [-0.2, 0) is 13.1 Å². The van der Waals surface area contributed by atoms with E-state index in [1.807, 2.05) is 36.4 Å². The highest BCUT2D eigenvalue weighted by Crippen LogP contribution is 2.20. The first-order chi connectivity index (χ1) is 11.3. The molecule has 112 valence electrons. The Balaban J connectivity index is 1.87. The minimum Gasteiger partial charge on any atom is -0.363 e. The maximum absolute atomic E-state index is 8.97. The van der Waals surface area contributed by atoms with Crippen molar-refractivity contribution in [3.63, 3.8) is 0 Å². The third kappa shape index (κ3) is 3.99. The summed E-state index contributed by atoms with van der Waals surface area (Å²) in [5.74, 6) is 0. The van der Waals surface area contributed by atoms with Crippen LogP contribution in [0.4, 0.5) is 5.69 Å². The van der Waals surface area contributed by atoms with Gasteiger partial charge < -0.3 is 4.90 Å². The lowest BCUT2D eigenvalue weighted by Crippen LogP contribution is -2.22. The molecule has 23 heavy (non-hydrogen) atoms. The Morgan fingerprint density at radius 1 is 0.652 bits per heavy atom. The van der Waals surface area contributed by atoms with Gasteiger partial charge in [-0.3, -0.25) is 0 Å². The normalized spacial score (nSPS) is 10.0. The molecule has 0 aliphatic carbocycles. The first kappa shape index (κ1) is 14.9. The molecule has 0 aliphatic rings. The topological polar surface area (TPSA) is 27.0 Å². The number of nitrogens with zero attached hydrogens (tertiary/aromatic N) is 2. The van der Waals surface area contributed by atoms with Gasteiger partial charge in [-0.15, -0.1) is 0 Å². The third-order valence-corrected chi connectivity index (χ3v) is 3.79. The van der Waals surface area contributed by atoms with E-state index in [0.717, 1.165) is 18.8 Å². The fourth-order valence-electron chi connectivity index (χ4n) is 2.59. The average Bonchev–Trinajstić information content (AvgIpc) is 2.63. The van der Waals surface area contributed by atoms with E-state index in [4.69, 9.17) is 5.26 Å². The summed E-state index contributed by atoms with van der Waals surface area (Å²) >= 11 is 0. The summed E-state index contributed by atoms with van der Waals surface area (Å²) in [5.41, 5.74) is 4.35. The van der Waals surface area contributed by atoms with E-state index >= 15 is 0 Å². The fourth-order valence-corrected chi connectivity index (χ4v) is 2.59. The maximum Gasteiger partial charge on any atom is 0.0991 e. The lowest BCUT2D eigenvalue weighted by atomic mass is 10.1. The maximum atomic E-state index is 8.97. The van der Waals surface area contributed by atoms with Gasteiger partial charge in [0.1, 0.15) is 0 Å². The standard InChI is InChI=1S/C21H18N2/c22-15-18-11-13-21(14-12-18)23(16-19-7-3-1-4-8-19)17-20-9-5-2-6-10-20/h1-14H,16-17H2. The predicted molar refractivity (Wildman–Crippen MR) is 93.9 cm³/mol. The van der Waals surface area contributed by atoms with Crippen LogP contribution >= 0.6 is 0 Å². The van der Waals surface area contributed by atoms with Gasteiger partial charge in [-0.1, -0.05) is 60.7 Å². The number of anilines is 1. The van der Waals surface area contributed by atoms with Crippen LogP contribution in [0.2, 0.25) is 0 Å². The van der Waals surface area contributed by atoms with Crippen LogP contribution in [-0.4, -0.2) is 0 Å². The van der Waals surface area contributed by atoms with E-state index in [1.54, 1.807) is 0 Å². The molecule has 0 radical (unpaired) electrons. The molecule has 3 aromatic carbocycles. The molecular weight excluding hydrogens is 280 g/mol. The monoisotopic (exact) mass is 298 g/mol. The van der Waals surface area contributed by atoms with Crippen molar-refractivity contribution in [2.45, 2.75) is 13.1 Å². The zero-order chi connectivity index (χ0) is 15.9. The van der Waals surface area contributed by atoms with Gasteiger partial charge in [0.2, 0.25) is 0 Å². The molecule has 3 aromatic rings. The van der Waals surface area contributed by atoms with Crippen molar-refractivity contribution in [2.24, 2.45) is 0 Å². The Morgan fingerprint density at radius 2 is 1.13 bits per heavy atom. The quantitative estimate of drug-likeness (QED) is 0.678. The summed E-state index contributed by atoms with van der Waals surface area (Å²) in [4.78, 5) is 2.33. The van der Waals surface area contributed by atoms with Crippen molar-refractivity contribution in [1.29, 1.82) is 5.26 Å². The summed E-state index contributed by atoms with van der Waals surface area (Å²) < 4.78 is 0. The minimum absolute atomic E-state index is 0.688. The van der Waals surface area contributed by atoms with Crippen LogP contribution in [0.5, 0.6) is 0 Å². The Labute approximate surface area is 137 Å². The van der Waals surface area contributed by atoms with Crippen LogP contribution in [0, 0.1) is 11.3 Å². The molecule has 0 aliphatic heterocycles. The number of nitriles is 1. The van der Waals surface area contributed by atoms with Gasteiger partial charge >= 0.3 is 0 Å². The molecule has 0 bridgehead atoms. The minimum atomic E-state index is 0.688. The highest BCUT2D eigenvalue weighted by molar-refractivity contribution is 5.50. The Hall–Kier alpha value is -3.05. The lowest BCUT2D eigenvalue weighted by Gasteiger charge is -2.25. The summed E-state index contributed by atoms with van der Waals surface area (Å²) in [5, 5.41) is 8.97. The summed E-state index contributed by atoms with van der Waals surface area (Å²) in [6.45, 7) is 1.67. The second-order valence-electron chi connectivity index (χ2n) is 5.49. The van der Waals surface area contributed by atoms with Crippen LogP contribution in [0.15, 0.2) is 84.9 Å². The molecule has 0 aromatic heterocycles. The summed E-state index contributed by atoms with van der Waals surface area (Å²) in [7, 11) is 0. The molecule has 0 unspecified atom stereocenters. The fraction of sp³-hybridized carbons (Fsp3) is 0.0952. The third-order valence-electron chi connectivity index (χ3n) is 3.79. The zero-order valence-corrected chi connectivity index (χ0v) is 12.9. The highest BCUT2D eigenvalue weighted by atomic mass is 15.1. The molecule has 0 heterocycles. The molecule has 0 saturated heterocycles. The molecular formula is C21H18N2. The molecule has 0 fully saturated rings. The Bertz CT molecular complexity index is 730. The van der Waals surface area contributed by atoms with E-state index in [2.05, 4.69) is 59.5 Å². The van der Waals surface area contributed by atoms with Crippen molar-refractivity contribution in [1.82, 2.24) is 0 Å².